The monoisotopic (exact) mass is 368 g/mol. The van der Waals surface area contributed by atoms with Crippen LogP contribution in [0, 0.1) is 5.82 Å². The summed E-state index contributed by atoms with van der Waals surface area (Å²) in [5.74, 6) is -0.544. The van der Waals surface area contributed by atoms with Crippen LogP contribution in [0.2, 0.25) is 0 Å². The van der Waals surface area contributed by atoms with Crippen LogP contribution in [0.25, 0.3) is 11.5 Å². The van der Waals surface area contributed by atoms with Gasteiger partial charge in [0.25, 0.3) is 0 Å². The Morgan fingerprint density at radius 3 is 3.00 bits per heavy atom. The molecule has 0 amide bonds. The molecule has 0 saturated carbocycles. The predicted octanol–water partition coefficient (Wildman–Crippen LogP) is 0.963. The van der Waals surface area contributed by atoms with Crippen LogP contribution in [0.5, 0.6) is 0 Å². The zero-order valence-electron chi connectivity index (χ0n) is 12.8. The zero-order valence-corrected chi connectivity index (χ0v) is 13.6. The molecule has 1 aliphatic carbocycles. The van der Waals surface area contributed by atoms with E-state index in [1.165, 1.54) is 16.7 Å². The summed E-state index contributed by atoms with van der Waals surface area (Å²) in [6.07, 6.45) is 0.570. The highest BCUT2D eigenvalue weighted by Crippen LogP contribution is 2.38. The van der Waals surface area contributed by atoms with E-state index >= 15 is 0 Å². The summed E-state index contributed by atoms with van der Waals surface area (Å²) in [7, 11) is 0. The first kappa shape index (κ1) is 17.1. The zero-order chi connectivity index (χ0) is 16.7. The predicted molar refractivity (Wildman–Crippen MR) is 87.1 cm³/mol. The van der Waals surface area contributed by atoms with Gasteiger partial charge < -0.3 is 11.1 Å². The van der Waals surface area contributed by atoms with Gasteiger partial charge in [0.05, 0.1) is 6.04 Å². The lowest BCUT2D eigenvalue weighted by Gasteiger charge is -2.30. The number of aromatic nitrogens is 4. The van der Waals surface area contributed by atoms with Crippen molar-refractivity contribution in [2.24, 2.45) is 5.73 Å². The second-order valence-electron chi connectivity index (χ2n) is 5.38. The first-order valence-electron chi connectivity index (χ1n) is 7.32. The average Bonchev–Trinajstić information content (AvgIpc) is 3.16. The Balaban J connectivity index is 0.00000182. The van der Waals surface area contributed by atoms with Crippen LogP contribution in [-0.4, -0.2) is 33.1 Å². The molecule has 0 fully saturated rings. The normalized spacial score (nSPS) is 15.2. The van der Waals surface area contributed by atoms with Gasteiger partial charge in [-0.2, -0.15) is 0 Å². The molecule has 132 valence electrons. The quantitative estimate of drug-likeness (QED) is 0.682. The third kappa shape index (κ3) is 2.79. The van der Waals surface area contributed by atoms with Crippen LogP contribution in [0.1, 0.15) is 17.2 Å². The molecule has 0 aliphatic heterocycles. The van der Waals surface area contributed by atoms with E-state index < -0.39 is 5.76 Å². The van der Waals surface area contributed by atoms with Gasteiger partial charge in [0.15, 0.2) is 5.69 Å². The molecule has 0 radical (unpaired) electrons. The van der Waals surface area contributed by atoms with Gasteiger partial charge in [-0.25, -0.2) is 18.4 Å². The average molecular weight is 369 g/mol. The van der Waals surface area contributed by atoms with Crippen LogP contribution in [0.15, 0.2) is 32.1 Å². The maximum atomic E-state index is 13.5. The summed E-state index contributed by atoms with van der Waals surface area (Å²) in [6, 6.07) is 4.12. The Bertz CT molecular complexity index is 952. The topological polar surface area (TPSA) is 125 Å². The summed E-state index contributed by atoms with van der Waals surface area (Å²) in [5.41, 5.74) is 7.37. The fraction of sp³-hybridized carbons (Fsp3) is 0.286. The fourth-order valence-electron chi connectivity index (χ4n) is 2.81. The maximum Gasteiger partial charge on any atom is 0.442 e. The molecule has 3 aromatic rings. The minimum atomic E-state index is -0.655. The molecule has 1 aliphatic rings. The fourth-order valence-corrected chi connectivity index (χ4v) is 2.81. The van der Waals surface area contributed by atoms with E-state index in [1.807, 2.05) is 0 Å². The van der Waals surface area contributed by atoms with E-state index in [4.69, 9.17) is 14.9 Å². The van der Waals surface area contributed by atoms with Crippen LogP contribution >= 0.6 is 12.4 Å². The Labute approximate surface area is 146 Å². The van der Waals surface area contributed by atoms with Crippen LogP contribution in [0.3, 0.4) is 0 Å². The lowest BCUT2D eigenvalue weighted by Crippen LogP contribution is -2.31. The Hall–Kier alpha value is -2.72. The first-order valence-corrected chi connectivity index (χ1v) is 7.32. The first-order chi connectivity index (χ1) is 11.7. The molecule has 0 saturated heterocycles. The van der Waals surface area contributed by atoms with Crippen molar-refractivity contribution in [3.63, 3.8) is 0 Å². The van der Waals surface area contributed by atoms with Crippen molar-refractivity contribution in [2.45, 2.75) is 12.5 Å². The van der Waals surface area contributed by atoms with Gasteiger partial charge in [-0.3, -0.25) is 4.52 Å². The molecule has 2 heterocycles. The van der Waals surface area contributed by atoms with Crippen molar-refractivity contribution in [1.82, 2.24) is 20.0 Å². The van der Waals surface area contributed by atoms with Gasteiger partial charge in [-0.05, 0) is 40.0 Å². The van der Waals surface area contributed by atoms with E-state index in [2.05, 4.69) is 20.8 Å². The molecular formula is C14H14ClFN6O3. The number of nitrogens with two attached hydrogens (primary N) is 1. The van der Waals surface area contributed by atoms with Gasteiger partial charge >= 0.3 is 5.76 Å². The molecule has 11 heteroatoms. The Morgan fingerprint density at radius 1 is 1.36 bits per heavy atom. The lowest BCUT2D eigenvalue weighted by molar-refractivity contribution is 0.309. The second kappa shape index (κ2) is 6.65. The summed E-state index contributed by atoms with van der Waals surface area (Å²) in [6.45, 7) is 0.827. The van der Waals surface area contributed by atoms with Crippen LogP contribution in [-0.2, 0) is 6.42 Å². The minimum Gasteiger partial charge on any atom is -0.364 e. The maximum absolute atomic E-state index is 13.5. The van der Waals surface area contributed by atoms with Gasteiger partial charge in [0.1, 0.15) is 5.82 Å². The lowest BCUT2D eigenvalue weighted by atomic mass is 9.83. The number of benzene rings is 1. The number of rotatable bonds is 5. The number of nitrogens with one attached hydrogen (secondary N) is 1. The highest BCUT2D eigenvalue weighted by Gasteiger charge is 2.34. The number of hydrogen-bond acceptors (Lipinski definition) is 8. The highest BCUT2D eigenvalue weighted by molar-refractivity contribution is 5.85. The molecule has 25 heavy (non-hydrogen) atoms. The van der Waals surface area contributed by atoms with Crippen molar-refractivity contribution < 1.29 is 13.5 Å². The SMILES string of the molecule is Cl.NCCNc1nonc1-c1noc(=O)n1C1Cc2ccc(F)cc21. The summed E-state index contributed by atoms with van der Waals surface area (Å²) < 4.78 is 24.3. The molecule has 1 atom stereocenters. The molecule has 3 N–H and O–H groups in total. The molecule has 1 unspecified atom stereocenters. The summed E-state index contributed by atoms with van der Waals surface area (Å²) >= 11 is 0. The van der Waals surface area contributed by atoms with E-state index in [1.54, 1.807) is 6.07 Å². The third-order valence-corrected chi connectivity index (χ3v) is 3.96. The third-order valence-electron chi connectivity index (χ3n) is 3.96. The molecule has 1 aromatic carbocycles. The van der Waals surface area contributed by atoms with Gasteiger partial charge in [0, 0.05) is 13.1 Å². The molecule has 4 rings (SSSR count). The second-order valence-corrected chi connectivity index (χ2v) is 5.38. The van der Waals surface area contributed by atoms with Crippen LogP contribution < -0.4 is 16.8 Å². The molecular weight excluding hydrogens is 355 g/mol. The molecule has 0 bridgehead atoms. The number of nitrogens with zero attached hydrogens (tertiary/aromatic N) is 4. The minimum absolute atomic E-state index is 0. The number of halogens is 2. The van der Waals surface area contributed by atoms with E-state index in [0.29, 0.717) is 25.3 Å². The Morgan fingerprint density at radius 2 is 2.20 bits per heavy atom. The molecule has 2 aromatic heterocycles. The van der Waals surface area contributed by atoms with Crippen molar-refractivity contribution in [1.29, 1.82) is 0 Å². The Kier molecular flexibility index (Phi) is 4.55. The van der Waals surface area contributed by atoms with Gasteiger partial charge in [-0.1, -0.05) is 11.2 Å². The van der Waals surface area contributed by atoms with E-state index in [0.717, 1.165) is 11.1 Å². The number of fused-ring (bicyclic) bond motifs is 1. The van der Waals surface area contributed by atoms with Crippen molar-refractivity contribution in [3.05, 3.63) is 45.7 Å². The van der Waals surface area contributed by atoms with Crippen molar-refractivity contribution in [3.8, 4) is 11.5 Å². The van der Waals surface area contributed by atoms with E-state index in [9.17, 15) is 9.18 Å². The largest absolute Gasteiger partial charge is 0.442 e. The van der Waals surface area contributed by atoms with E-state index in [-0.39, 0.29) is 35.8 Å². The molecule has 0 spiro atoms. The smallest absolute Gasteiger partial charge is 0.364 e. The number of anilines is 1. The van der Waals surface area contributed by atoms with Crippen molar-refractivity contribution in [2.75, 3.05) is 18.4 Å². The summed E-state index contributed by atoms with van der Waals surface area (Å²) in [4.78, 5) is 12.1. The van der Waals surface area contributed by atoms with Crippen LogP contribution in [0.4, 0.5) is 10.2 Å². The van der Waals surface area contributed by atoms with Crippen molar-refractivity contribution >= 4 is 18.2 Å². The highest BCUT2D eigenvalue weighted by atomic mass is 35.5. The standard InChI is InChI=1S/C14H13FN6O3.ClH/c15-8-2-1-7-5-10(9(7)6-8)21-13(20-23-14(21)22)11-12(17-4-3-16)19-24-18-11;/h1-2,6,10H,3-5,16H2,(H,17,19);1H. The number of hydrogen-bond donors (Lipinski definition) is 2. The van der Waals surface area contributed by atoms with Gasteiger partial charge in [0.2, 0.25) is 11.6 Å². The summed E-state index contributed by atoms with van der Waals surface area (Å²) in [5, 5.41) is 14.2. The van der Waals surface area contributed by atoms with Gasteiger partial charge in [-0.15, -0.1) is 12.4 Å². The molecule has 9 nitrogen and oxygen atoms in total.